The van der Waals surface area contributed by atoms with E-state index in [1.807, 2.05) is 37.3 Å². The minimum Gasteiger partial charge on any atom is -0.354 e. The van der Waals surface area contributed by atoms with Crippen LogP contribution in [-0.4, -0.2) is 12.5 Å². The average Bonchev–Trinajstić information content (AvgIpc) is 2.27. The monoisotopic (exact) mass is 289 g/mol. The Bertz CT molecular complexity index is 327. The zero-order chi connectivity index (χ0) is 11.3. The van der Waals surface area contributed by atoms with Crippen molar-refractivity contribution in [3.8, 4) is 0 Å². The molecule has 0 aliphatic heterocycles. The van der Waals surface area contributed by atoms with Crippen molar-refractivity contribution in [1.82, 2.24) is 5.32 Å². The Morgan fingerprint density at radius 1 is 1.47 bits per heavy atom. The first-order valence-electron chi connectivity index (χ1n) is 4.80. The predicted octanol–water partition coefficient (Wildman–Crippen LogP) is 3.00. The van der Waals surface area contributed by atoms with Gasteiger partial charge in [-0.1, -0.05) is 64.8 Å². The Morgan fingerprint density at radius 3 is 2.60 bits per heavy atom. The summed E-state index contributed by atoms with van der Waals surface area (Å²) >= 11 is 9.39. The summed E-state index contributed by atoms with van der Waals surface area (Å²) in [6, 6.07) is 9.20. The topological polar surface area (TPSA) is 29.1 Å². The van der Waals surface area contributed by atoms with Gasteiger partial charge in [-0.05, 0) is 12.0 Å². The van der Waals surface area contributed by atoms with Crippen LogP contribution in [0.3, 0.4) is 0 Å². The third kappa shape index (κ3) is 3.21. The van der Waals surface area contributed by atoms with Crippen LogP contribution in [0.5, 0.6) is 0 Å². The Kier molecular flexibility index (Phi) is 4.61. The number of alkyl halides is 2. The second-order valence-electron chi connectivity index (χ2n) is 3.20. The van der Waals surface area contributed by atoms with Crippen LogP contribution < -0.4 is 5.32 Å². The van der Waals surface area contributed by atoms with E-state index in [9.17, 15) is 4.79 Å². The molecule has 15 heavy (non-hydrogen) atoms. The van der Waals surface area contributed by atoms with Gasteiger partial charge in [-0.25, -0.2) is 0 Å². The molecule has 0 saturated carbocycles. The molecular weight excluding hydrogens is 277 g/mol. The number of hydrogen-bond donors (Lipinski definition) is 1. The van der Waals surface area contributed by atoms with Gasteiger partial charge in [0.25, 0.3) is 5.91 Å². The first-order chi connectivity index (χ1) is 7.09. The lowest BCUT2D eigenvalue weighted by Gasteiger charge is -2.19. The number of carbonyl (C=O) groups excluding carboxylic acids is 1. The molecule has 1 unspecified atom stereocenters. The van der Waals surface area contributed by atoms with Crippen molar-refractivity contribution in [1.29, 1.82) is 0 Å². The standard InChI is InChI=1S/C11H13BrClNO/c1-2-8-14-10(15)11(12,13)9-6-4-3-5-7-9/h3-7H,2,8H2,1H3,(H,14,15). The quantitative estimate of drug-likeness (QED) is 0.849. The smallest absolute Gasteiger partial charge is 0.256 e. The van der Waals surface area contributed by atoms with Crippen LogP contribution in [-0.2, 0) is 8.58 Å². The van der Waals surface area contributed by atoms with E-state index in [4.69, 9.17) is 11.6 Å². The lowest BCUT2D eigenvalue weighted by Crippen LogP contribution is -2.36. The van der Waals surface area contributed by atoms with Crippen LogP contribution in [0.1, 0.15) is 18.9 Å². The van der Waals surface area contributed by atoms with Gasteiger partial charge in [0.05, 0.1) is 0 Å². The maximum atomic E-state index is 11.7. The summed E-state index contributed by atoms with van der Waals surface area (Å²) in [5.41, 5.74) is 0.736. The molecule has 1 atom stereocenters. The van der Waals surface area contributed by atoms with Crippen molar-refractivity contribution in [2.24, 2.45) is 0 Å². The van der Waals surface area contributed by atoms with Gasteiger partial charge in [0.2, 0.25) is 3.78 Å². The van der Waals surface area contributed by atoms with Gasteiger partial charge in [-0.15, -0.1) is 0 Å². The first kappa shape index (κ1) is 12.5. The second-order valence-corrected chi connectivity index (χ2v) is 5.41. The predicted molar refractivity (Wildman–Crippen MR) is 66.2 cm³/mol. The van der Waals surface area contributed by atoms with E-state index in [0.717, 1.165) is 12.0 Å². The summed E-state index contributed by atoms with van der Waals surface area (Å²) in [4.78, 5) is 11.7. The number of rotatable bonds is 4. The summed E-state index contributed by atoms with van der Waals surface area (Å²) in [5.74, 6) is -0.225. The highest BCUT2D eigenvalue weighted by atomic mass is 79.9. The number of carbonyl (C=O) groups is 1. The van der Waals surface area contributed by atoms with Crippen LogP contribution in [0.2, 0.25) is 0 Å². The Balaban J connectivity index is 2.78. The Labute approximate surface area is 103 Å². The van der Waals surface area contributed by atoms with E-state index in [0.29, 0.717) is 6.54 Å². The number of benzene rings is 1. The molecule has 0 saturated heterocycles. The van der Waals surface area contributed by atoms with E-state index in [2.05, 4.69) is 21.2 Å². The number of hydrogen-bond acceptors (Lipinski definition) is 1. The fourth-order valence-corrected chi connectivity index (χ4v) is 1.73. The van der Waals surface area contributed by atoms with Crippen molar-refractivity contribution in [2.45, 2.75) is 17.1 Å². The van der Waals surface area contributed by atoms with Gasteiger partial charge in [-0.2, -0.15) is 0 Å². The maximum absolute atomic E-state index is 11.7. The molecule has 0 aromatic heterocycles. The van der Waals surface area contributed by atoms with E-state index < -0.39 is 3.78 Å². The third-order valence-electron chi connectivity index (χ3n) is 1.96. The first-order valence-corrected chi connectivity index (χ1v) is 5.97. The highest BCUT2D eigenvalue weighted by Gasteiger charge is 2.34. The number of amides is 1. The minimum atomic E-state index is -1.16. The van der Waals surface area contributed by atoms with Crippen molar-refractivity contribution in [3.63, 3.8) is 0 Å². The molecule has 0 fully saturated rings. The van der Waals surface area contributed by atoms with Crippen LogP contribution in [0, 0.1) is 0 Å². The van der Waals surface area contributed by atoms with Crippen molar-refractivity contribution >= 4 is 33.4 Å². The number of halogens is 2. The van der Waals surface area contributed by atoms with Crippen molar-refractivity contribution in [2.75, 3.05) is 6.54 Å². The average molecular weight is 291 g/mol. The van der Waals surface area contributed by atoms with Crippen LogP contribution in [0.4, 0.5) is 0 Å². The summed E-state index contributed by atoms with van der Waals surface area (Å²) in [6.07, 6.45) is 0.889. The fraction of sp³-hybridized carbons (Fsp3) is 0.364. The molecule has 4 heteroatoms. The van der Waals surface area contributed by atoms with E-state index in [1.165, 1.54) is 0 Å². The van der Waals surface area contributed by atoms with Crippen LogP contribution in [0.15, 0.2) is 30.3 Å². The highest BCUT2D eigenvalue weighted by molar-refractivity contribution is 9.10. The SMILES string of the molecule is CCCNC(=O)C(Cl)(Br)c1ccccc1. The third-order valence-corrected chi connectivity index (χ3v) is 3.16. The molecule has 1 amide bonds. The molecule has 0 heterocycles. The molecule has 0 aliphatic rings. The lowest BCUT2D eigenvalue weighted by molar-refractivity contribution is -0.121. The normalized spacial score (nSPS) is 14.3. The molecule has 0 aliphatic carbocycles. The van der Waals surface area contributed by atoms with E-state index >= 15 is 0 Å². The molecule has 1 N–H and O–H groups in total. The van der Waals surface area contributed by atoms with Gasteiger partial charge in [0.1, 0.15) is 0 Å². The summed E-state index contributed by atoms with van der Waals surface area (Å²) in [5, 5.41) is 2.75. The second kappa shape index (κ2) is 5.52. The molecule has 0 radical (unpaired) electrons. The zero-order valence-corrected chi connectivity index (χ0v) is 10.8. The Hall–Kier alpha value is -0.540. The van der Waals surface area contributed by atoms with Crippen molar-refractivity contribution in [3.05, 3.63) is 35.9 Å². The highest BCUT2D eigenvalue weighted by Crippen LogP contribution is 2.35. The fourth-order valence-electron chi connectivity index (χ4n) is 1.13. The molecule has 82 valence electrons. The van der Waals surface area contributed by atoms with E-state index in [1.54, 1.807) is 0 Å². The number of nitrogens with one attached hydrogen (secondary N) is 1. The van der Waals surface area contributed by atoms with E-state index in [-0.39, 0.29) is 5.91 Å². The lowest BCUT2D eigenvalue weighted by atomic mass is 10.1. The van der Waals surface area contributed by atoms with Gasteiger partial charge in [0, 0.05) is 6.54 Å². The zero-order valence-electron chi connectivity index (χ0n) is 8.47. The van der Waals surface area contributed by atoms with Crippen LogP contribution >= 0.6 is 27.5 Å². The molecule has 0 spiro atoms. The summed E-state index contributed by atoms with van der Waals surface area (Å²) < 4.78 is -1.16. The van der Waals surface area contributed by atoms with Gasteiger partial charge >= 0.3 is 0 Å². The Morgan fingerprint density at radius 2 is 2.07 bits per heavy atom. The maximum Gasteiger partial charge on any atom is 0.256 e. The van der Waals surface area contributed by atoms with Gasteiger partial charge in [0.15, 0.2) is 0 Å². The van der Waals surface area contributed by atoms with Gasteiger partial charge in [-0.3, -0.25) is 4.79 Å². The molecular formula is C11H13BrClNO. The summed E-state index contributed by atoms with van der Waals surface area (Å²) in [6.45, 7) is 2.62. The van der Waals surface area contributed by atoms with Crippen molar-refractivity contribution < 1.29 is 4.79 Å². The molecule has 1 aromatic carbocycles. The van der Waals surface area contributed by atoms with Crippen LogP contribution in [0.25, 0.3) is 0 Å². The molecule has 1 aromatic rings. The summed E-state index contributed by atoms with van der Waals surface area (Å²) in [7, 11) is 0. The largest absolute Gasteiger partial charge is 0.354 e. The molecule has 1 rings (SSSR count). The molecule has 0 bridgehead atoms. The minimum absolute atomic E-state index is 0.225. The molecule has 2 nitrogen and oxygen atoms in total. The van der Waals surface area contributed by atoms with Gasteiger partial charge < -0.3 is 5.32 Å².